The minimum absolute atomic E-state index is 0.289. The van der Waals surface area contributed by atoms with Crippen LogP contribution in [0.5, 0.6) is 0 Å². The van der Waals surface area contributed by atoms with Crippen molar-refractivity contribution >= 4 is 0 Å². The standard InChI is InChI=1S/C18H32O2/c1-2-3-6-15-7-9-16(10-8-15)18(17-11-12-17)20-14-5-4-13-19/h15-16,19H,2-14H2,1H3. The zero-order chi connectivity index (χ0) is 14.2. The molecule has 20 heavy (non-hydrogen) atoms. The molecular formula is C18H32O2. The average Bonchev–Trinajstić information content (AvgIpc) is 3.31. The predicted molar refractivity (Wildman–Crippen MR) is 83.5 cm³/mol. The van der Waals surface area contributed by atoms with Crippen LogP contribution in [0.1, 0.15) is 77.6 Å². The predicted octanol–water partition coefficient (Wildman–Crippen LogP) is 4.82. The van der Waals surface area contributed by atoms with Crippen LogP contribution in [0.2, 0.25) is 0 Å². The van der Waals surface area contributed by atoms with E-state index in [1.54, 1.807) is 5.57 Å². The summed E-state index contributed by atoms with van der Waals surface area (Å²) in [4.78, 5) is 0. The van der Waals surface area contributed by atoms with E-state index in [0.29, 0.717) is 5.92 Å². The zero-order valence-electron chi connectivity index (χ0n) is 13.2. The van der Waals surface area contributed by atoms with E-state index in [0.717, 1.165) is 25.4 Å². The third-order valence-electron chi connectivity index (χ3n) is 4.84. The van der Waals surface area contributed by atoms with Crippen molar-refractivity contribution in [3.8, 4) is 0 Å². The molecule has 0 aromatic rings. The Bertz CT molecular complexity index is 295. The van der Waals surface area contributed by atoms with Gasteiger partial charge in [0.15, 0.2) is 0 Å². The summed E-state index contributed by atoms with van der Waals surface area (Å²) in [5.74, 6) is 3.04. The minimum atomic E-state index is 0.289. The first kappa shape index (κ1) is 15.9. The van der Waals surface area contributed by atoms with Gasteiger partial charge < -0.3 is 9.84 Å². The molecule has 2 fully saturated rings. The van der Waals surface area contributed by atoms with E-state index in [4.69, 9.17) is 9.84 Å². The molecule has 1 N–H and O–H groups in total. The number of hydrogen-bond donors (Lipinski definition) is 1. The molecule has 2 saturated carbocycles. The van der Waals surface area contributed by atoms with E-state index in [9.17, 15) is 0 Å². The van der Waals surface area contributed by atoms with Crippen molar-refractivity contribution in [2.24, 2.45) is 11.8 Å². The Kier molecular flexibility index (Phi) is 6.92. The second kappa shape index (κ2) is 8.71. The Hall–Kier alpha value is -0.500. The molecule has 2 rings (SSSR count). The maximum atomic E-state index is 8.83. The maximum absolute atomic E-state index is 8.83. The molecule has 2 aliphatic carbocycles. The number of rotatable bonds is 9. The van der Waals surface area contributed by atoms with E-state index < -0.39 is 0 Å². The maximum Gasteiger partial charge on any atom is 0.0982 e. The number of aliphatic hydroxyl groups is 1. The largest absolute Gasteiger partial charge is 0.498 e. The van der Waals surface area contributed by atoms with Crippen LogP contribution in [0.15, 0.2) is 11.3 Å². The molecule has 0 spiro atoms. The van der Waals surface area contributed by atoms with Crippen molar-refractivity contribution in [1.82, 2.24) is 0 Å². The van der Waals surface area contributed by atoms with E-state index in [1.165, 1.54) is 63.5 Å². The van der Waals surface area contributed by atoms with E-state index in [2.05, 4.69) is 6.92 Å². The molecule has 0 aromatic heterocycles. The summed E-state index contributed by atoms with van der Waals surface area (Å²) in [6.07, 6.45) is 14.1. The first-order valence-corrected chi connectivity index (χ1v) is 8.80. The lowest BCUT2D eigenvalue weighted by Gasteiger charge is -2.30. The van der Waals surface area contributed by atoms with Crippen LogP contribution < -0.4 is 0 Å². The Balaban J connectivity index is 1.73. The SMILES string of the molecule is CCCCC1CCC(C(OCCCCO)=C2CC2)CC1. The van der Waals surface area contributed by atoms with Gasteiger partial charge in [0.1, 0.15) is 0 Å². The van der Waals surface area contributed by atoms with E-state index in [-0.39, 0.29) is 6.61 Å². The van der Waals surface area contributed by atoms with Crippen LogP contribution in [0.3, 0.4) is 0 Å². The first-order valence-electron chi connectivity index (χ1n) is 8.80. The Labute approximate surface area is 124 Å². The van der Waals surface area contributed by atoms with Gasteiger partial charge in [0.2, 0.25) is 0 Å². The van der Waals surface area contributed by atoms with Crippen LogP contribution in [0.4, 0.5) is 0 Å². The second-order valence-corrected chi connectivity index (χ2v) is 6.61. The van der Waals surface area contributed by atoms with Crippen LogP contribution in [-0.4, -0.2) is 18.3 Å². The summed E-state index contributed by atoms with van der Waals surface area (Å²) in [6.45, 7) is 3.38. The molecule has 0 aromatic carbocycles. The van der Waals surface area contributed by atoms with Gasteiger partial charge in [0.25, 0.3) is 0 Å². The molecule has 0 unspecified atom stereocenters. The second-order valence-electron chi connectivity index (χ2n) is 6.61. The normalized spacial score (nSPS) is 25.6. The molecule has 0 bridgehead atoms. The lowest BCUT2D eigenvalue weighted by molar-refractivity contribution is 0.138. The highest BCUT2D eigenvalue weighted by atomic mass is 16.5. The summed E-state index contributed by atoms with van der Waals surface area (Å²) in [5.41, 5.74) is 1.59. The van der Waals surface area contributed by atoms with Crippen molar-refractivity contribution in [2.45, 2.75) is 77.6 Å². The molecule has 0 atom stereocenters. The Morgan fingerprint density at radius 1 is 1.10 bits per heavy atom. The quantitative estimate of drug-likeness (QED) is 0.484. The fraction of sp³-hybridized carbons (Fsp3) is 0.889. The fourth-order valence-electron chi connectivity index (χ4n) is 3.42. The van der Waals surface area contributed by atoms with Gasteiger partial charge in [0.05, 0.1) is 12.4 Å². The average molecular weight is 280 g/mol. The van der Waals surface area contributed by atoms with Gasteiger partial charge in [-0.15, -0.1) is 0 Å². The van der Waals surface area contributed by atoms with Gasteiger partial charge in [0, 0.05) is 12.5 Å². The highest BCUT2D eigenvalue weighted by molar-refractivity contribution is 5.23. The minimum Gasteiger partial charge on any atom is -0.498 e. The first-order chi connectivity index (χ1) is 9.85. The topological polar surface area (TPSA) is 29.5 Å². The number of ether oxygens (including phenoxy) is 1. The smallest absolute Gasteiger partial charge is 0.0982 e. The molecule has 0 amide bonds. The van der Waals surface area contributed by atoms with Crippen molar-refractivity contribution in [3.05, 3.63) is 11.3 Å². The Morgan fingerprint density at radius 2 is 1.85 bits per heavy atom. The highest BCUT2D eigenvalue weighted by Crippen LogP contribution is 2.42. The Morgan fingerprint density at radius 3 is 2.45 bits per heavy atom. The molecule has 2 heteroatoms. The number of unbranched alkanes of at least 4 members (excludes halogenated alkanes) is 2. The van der Waals surface area contributed by atoms with Gasteiger partial charge in [-0.2, -0.15) is 0 Å². The van der Waals surface area contributed by atoms with Gasteiger partial charge in [-0.05, 0) is 62.9 Å². The summed E-state index contributed by atoms with van der Waals surface area (Å²) in [7, 11) is 0. The van der Waals surface area contributed by atoms with Crippen molar-refractivity contribution in [2.75, 3.05) is 13.2 Å². The van der Waals surface area contributed by atoms with Gasteiger partial charge in [-0.25, -0.2) is 0 Å². The molecule has 0 heterocycles. The van der Waals surface area contributed by atoms with Crippen LogP contribution >= 0.6 is 0 Å². The molecule has 2 aliphatic rings. The number of allylic oxidation sites excluding steroid dienone is 2. The number of hydrogen-bond acceptors (Lipinski definition) is 2. The summed E-state index contributed by atoms with van der Waals surface area (Å²) in [5, 5.41) is 8.83. The van der Waals surface area contributed by atoms with Gasteiger partial charge in [-0.1, -0.05) is 26.2 Å². The van der Waals surface area contributed by atoms with Crippen molar-refractivity contribution < 1.29 is 9.84 Å². The van der Waals surface area contributed by atoms with E-state index in [1.807, 2.05) is 0 Å². The third kappa shape index (κ3) is 5.12. The fourth-order valence-corrected chi connectivity index (χ4v) is 3.42. The summed E-state index contributed by atoms with van der Waals surface area (Å²) in [6, 6.07) is 0. The van der Waals surface area contributed by atoms with Gasteiger partial charge in [-0.3, -0.25) is 0 Å². The molecule has 0 aliphatic heterocycles. The van der Waals surface area contributed by atoms with E-state index >= 15 is 0 Å². The van der Waals surface area contributed by atoms with Crippen molar-refractivity contribution in [1.29, 1.82) is 0 Å². The lowest BCUT2D eigenvalue weighted by Crippen LogP contribution is -2.18. The van der Waals surface area contributed by atoms with Gasteiger partial charge >= 0.3 is 0 Å². The summed E-state index contributed by atoms with van der Waals surface area (Å²) < 4.78 is 6.09. The van der Waals surface area contributed by atoms with Crippen molar-refractivity contribution in [3.63, 3.8) is 0 Å². The van der Waals surface area contributed by atoms with Crippen LogP contribution in [0.25, 0.3) is 0 Å². The molecule has 116 valence electrons. The molecule has 0 radical (unpaired) electrons. The summed E-state index contributed by atoms with van der Waals surface area (Å²) >= 11 is 0. The molecular weight excluding hydrogens is 248 g/mol. The number of aliphatic hydroxyl groups excluding tert-OH is 1. The zero-order valence-corrected chi connectivity index (χ0v) is 13.2. The molecule has 0 saturated heterocycles. The monoisotopic (exact) mass is 280 g/mol. The lowest BCUT2D eigenvalue weighted by atomic mass is 9.79. The highest BCUT2D eigenvalue weighted by Gasteiger charge is 2.29. The van der Waals surface area contributed by atoms with Crippen LogP contribution in [-0.2, 0) is 4.74 Å². The van der Waals surface area contributed by atoms with Crippen LogP contribution in [0, 0.1) is 11.8 Å². The molecule has 2 nitrogen and oxygen atoms in total. The third-order valence-corrected chi connectivity index (χ3v) is 4.84.